The maximum Gasteiger partial charge on any atom is 0.389 e. The summed E-state index contributed by atoms with van der Waals surface area (Å²) in [4.78, 5) is 10.4. The van der Waals surface area contributed by atoms with E-state index in [-0.39, 0.29) is 12.2 Å². The number of hydrogen-bond acceptors (Lipinski definition) is 4. The number of nitriles is 2. The molecule has 0 aliphatic heterocycles. The van der Waals surface area contributed by atoms with Crippen LogP contribution in [0.15, 0.2) is 12.3 Å². The van der Waals surface area contributed by atoms with Crippen molar-refractivity contribution in [3.05, 3.63) is 18.0 Å². The van der Waals surface area contributed by atoms with Crippen LogP contribution in [-0.4, -0.2) is 22.2 Å². The topological polar surface area (TPSA) is 82.5 Å². The van der Waals surface area contributed by atoms with E-state index in [1.807, 2.05) is 0 Å². The van der Waals surface area contributed by atoms with Crippen molar-refractivity contribution in [3.8, 4) is 12.1 Å². The van der Waals surface area contributed by atoms with Crippen LogP contribution in [0.3, 0.4) is 0 Å². The third kappa shape index (κ3) is 4.43. The molecule has 1 atom stereocenters. The van der Waals surface area contributed by atoms with Gasteiger partial charge in [-0.2, -0.15) is 28.8 Å². The molecule has 8 heteroatoms. The van der Waals surface area contributed by atoms with Gasteiger partial charge in [-0.3, -0.25) is 9.48 Å². The predicted octanol–water partition coefficient (Wildman–Crippen LogP) is 1.93. The molecule has 1 rings (SSSR count). The second kappa shape index (κ2) is 6.01. The summed E-state index contributed by atoms with van der Waals surface area (Å²) in [5, 5.41) is 21.1. The van der Waals surface area contributed by atoms with Gasteiger partial charge in [-0.25, -0.2) is 0 Å². The molecule has 0 N–H and O–H groups in total. The lowest BCUT2D eigenvalue weighted by atomic mass is 9.91. The van der Waals surface area contributed by atoms with E-state index in [4.69, 9.17) is 10.5 Å². The first kappa shape index (κ1) is 14.7. The molecular formula is C11H9F3N4O. The lowest BCUT2D eigenvalue weighted by Crippen LogP contribution is -2.25. The first-order valence-corrected chi connectivity index (χ1v) is 5.24. The molecule has 0 aromatic carbocycles. The predicted molar refractivity (Wildman–Crippen MR) is 56.5 cm³/mol. The van der Waals surface area contributed by atoms with Gasteiger partial charge < -0.3 is 0 Å². The molecule has 0 radical (unpaired) electrons. The van der Waals surface area contributed by atoms with Crippen molar-refractivity contribution in [2.75, 3.05) is 0 Å². The highest BCUT2D eigenvalue weighted by atomic mass is 19.4. The van der Waals surface area contributed by atoms with Crippen LogP contribution in [0, 0.1) is 34.5 Å². The number of nitrogens with zero attached hydrogens (tertiary/aromatic N) is 4. The van der Waals surface area contributed by atoms with Crippen LogP contribution in [-0.2, 0) is 6.54 Å². The van der Waals surface area contributed by atoms with E-state index in [9.17, 15) is 18.0 Å². The summed E-state index contributed by atoms with van der Waals surface area (Å²) in [5.74, 6) is -2.61. The Kier molecular flexibility index (Phi) is 4.65. The smallest absolute Gasteiger partial charge is 0.296 e. The van der Waals surface area contributed by atoms with Crippen LogP contribution in [0.2, 0.25) is 0 Å². The Hall–Kier alpha value is -2.35. The summed E-state index contributed by atoms with van der Waals surface area (Å²) in [7, 11) is 0. The van der Waals surface area contributed by atoms with Crippen molar-refractivity contribution < 1.29 is 18.0 Å². The van der Waals surface area contributed by atoms with E-state index in [0.717, 1.165) is 4.68 Å². The highest BCUT2D eigenvalue weighted by molar-refractivity contribution is 5.71. The second-order valence-corrected chi connectivity index (χ2v) is 3.90. The minimum atomic E-state index is -4.47. The standard InChI is InChI=1S/C11H9F3N4O/c12-11(13,14)3-8(9(4-15)5-16)6-18-2-1-10(7-19)17-18/h1-2,7-9H,3,6H2. The van der Waals surface area contributed by atoms with Gasteiger partial charge in [0, 0.05) is 18.7 Å². The lowest BCUT2D eigenvalue weighted by molar-refractivity contribution is -0.147. The Bertz CT molecular complexity index is 509. The molecule has 0 saturated heterocycles. The Balaban J connectivity index is 2.88. The monoisotopic (exact) mass is 270 g/mol. The number of alkyl halides is 3. The molecule has 0 aliphatic carbocycles. The van der Waals surface area contributed by atoms with Crippen LogP contribution in [0.4, 0.5) is 13.2 Å². The summed E-state index contributed by atoms with van der Waals surface area (Å²) in [5.41, 5.74) is 0.0798. The Morgan fingerprint density at radius 1 is 1.42 bits per heavy atom. The molecule has 0 aliphatic rings. The van der Waals surface area contributed by atoms with Gasteiger partial charge in [-0.05, 0) is 6.07 Å². The summed E-state index contributed by atoms with van der Waals surface area (Å²) in [6.45, 7) is -0.251. The molecule has 0 spiro atoms. The fourth-order valence-corrected chi connectivity index (χ4v) is 1.61. The van der Waals surface area contributed by atoms with Crippen LogP contribution < -0.4 is 0 Å². The van der Waals surface area contributed by atoms with Gasteiger partial charge >= 0.3 is 6.18 Å². The number of aromatic nitrogens is 2. The maximum atomic E-state index is 12.4. The molecule has 1 unspecified atom stereocenters. The summed E-state index contributed by atoms with van der Waals surface area (Å²) < 4.78 is 38.4. The molecular weight excluding hydrogens is 261 g/mol. The quantitative estimate of drug-likeness (QED) is 0.765. The van der Waals surface area contributed by atoms with E-state index in [1.54, 1.807) is 12.1 Å². The van der Waals surface area contributed by atoms with Crippen LogP contribution >= 0.6 is 0 Å². The Labute approximate surface area is 106 Å². The normalized spacial score (nSPS) is 12.7. The fourth-order valence-electron chi connectivity index (χ4n) is 1.61. The zero-order valence-electron chi connectivity index (χ0n) is 9.63. The van der Waals surface area contributed by atoms with Crippen LogP contribution in [0.1, 0.15) is 16.9 Å². The molecule has 0 amide bonds. The average Bonchev–Trinajstić information content (AvgIpc) is 2.76. The molecule has 0 fully saturated rings. The summed E-state index contributed by atoms with van der Waals surface area (Å²) in [6, 6.07) is 4.43. The molecule has 1 aromatic heterocycles. The van der Waals surface area contributed by atoms with Crippen LogP contribution in [0.5, 0.6) is 0 Å². The zero-order chi connectivity index (χ0) is 14.5. The number of hydrogen-bond donors (Lipinski definition) is 0. The molecule has 0 saturated carbocycles. The van der Waals surface area contributed by atoms with E-state index < -0.39 is 24.4 Å². The van der Waals surface area contributed by atoms with Crippen molar-refractivity contribution in [1.82, 2.24) is 9.78 Å². The van der Waals surface area contributed by atoms with Crippen LogP contribution in [0.25, 0.3) is 0 Å². The van der Waals surface area contributed by atoms with Crippen molar-refractivity contribution in [2.45, 2.75) is 19.1 Å². The average molecular weight is 270 g/mol. The minimum Gasteiger partial charge on any atom is -0.296 e. The molecule has 19 heavy (non-hydrogen) atoms. The number of carbonyl (C=O) groups excluding carboxylic acids is 1. The minimum absolute atomic E-state index is 0.0798. The van der Waals surface area contributed by atoms with E-state index >= 15 is 0 Å². The lowest BCUT2D eigenvalue weighted by Gasteiger charge is -2.19. The van der Waals surface area contributed by atoms with Gasteiger partial charge in [0.1, 0.15) is 11.6 Å². The highest BCUT2D eigenvalue weighted by Crippen LogP contribution is 2.29. The van der Waals surface area contributed by atoms with Crippen molar-refractivity contribution in [3.63, 3.8) is 0 Å². The van der Waals surface area contributed by atoms with Crippen molar-refractivity contribution in [1.29, 1.82) is 10.5 Å². The van der Waals surface area contributed by atoms with E-state index in [2.05, 4.69) is 5.10 Å². The van der Waals surface area contributed by atoms with E-state index in [0.29, 0.717) is 6.29 Å². The first-order valence-electron chi connectivity index (χ1n) is 5.24. The maximum absolute atomic E-state index is 12.4. The second-order valence-electron chi connectivity index (χ2n) is 3.90. The van der Waals surface area contributed by atoms with Gasteiger partial charge in [0.25, 0.3) is 0 Å². The third-order valence-electron chi connectivity index (χ3n) is 2.45. The van der Waals surface area contributed by atoms with Gasteiger partial charge in [0.15, 0.2) is 6.29 Å². The Morgan fingerprint density at radius 3 is 2.47 bits per heavy atom. The first-order chi connectivity index (χ1) is 8.89. The van der Waals surface area contributed by atoms with Crippen molar-refractivity contribution in [2.24, 2.45) is 11.8 Å². The summed E-state index contributed by atoms with van der Waals surface area (Å²) in [6.07, 6.45) is -3.94. The number of rotatable bonds is 5. The Morgan fingerprint density at radius 2 is 2.05 bits per heavy atom. The fraction of sp³-hybridized carbons (Fsp3) is 0.455. The number of carbonyl (C=O) groups is 1. The van der Waals surface area contributed by atoms with Gasteiger partial charge in [0.05, 0.1) is 18.6 Å². The molecule has 0 bridgehead atoms. The SMILES string of the molecule is N#CC(C#N)C(Cn1ccc(C=O)n1)CC(F)(F)F. The summed E-state index contributed by atoms with van der Waals surface area (Å²) >= 11 is 0. The van der Waals surface area contributed by atoms with E-state index in [1.165, 1.54) is 12.3 Å². The number of halogens is 3. The van der Waals surface area contributed by atoms with Gasteiger partial charge in [-0.1, -0.05) is 0 Å². The van der Waals surface area contributed by atoms with Crippen molar-refractivity contribution >= 4 is 6.29 Å². The third-order valence-corrected chi connectivity index (χ3v) is 2.45. The molecule has 1 aromatic rings. The van der Waals surface area contributed by atoms with Gasteiger partial charge in [0.2, 0.25) is 0 Å². The van der Waals surface area contributed by atoms with Gasteiger partial charge in [-0.15, -0.1) is 0 Å². The largest absolute Gasteiger partial charge is 0.389 e. The highest BCUT2D eigenvalue weighted by Gasteiger charge is 2.36. The zero-order valence-corrected chi connectivity index (χ0v) is 9.63. The molecule has 1 heterocycles. The molecule has 5 nitrogen and oxygen atoms in total. The molecule has 100 valence electrons. The number of aldehydes is 1.